The average Bonchev–Trinajstić information content (AvgIpc) is 2.38. The molecule has 0 bridgehead atoms. The van der Waals surface area contributed by atoms with Crippen molar-refractivity contribution in [2.45, 2.75) is 19.3 Å². The van der Waals surface area contributed by atoms with Crippen molar-refractivity contribution in [3.63, 3.8) is 0 Å². The van der Waals surface area contributed by atoms with Gasteiger partial charge in [-0.05, 0) is 37.0 Å². The highest BCUT2D eigenvalue weighted by atomic mass is 14.8. The topological polar surface area (TPSA) is 12.0 Å². The van der Waals surface area contributed by atoms with Crippen LogP contribution >= 0.6 is 0 Å². The highest BCUT2D eigenvalue weighted by Gasteiger charge is 1.87. The molecule has 0 spiro atoms. The maximum absolute atomic E-state index is 3.70. The molecule has 0 aliphatic heterocycles. The molecule has 0 saturated heterocycles. The van der Waals surface area contributed by atoms with E-state index >= 15 is 0 Å². The van der Waals surface area contributed by atoms with E-state index in [1.807, 2.05) is 13.1 Å². The second kappa shape index (κ2) is 8.40. The Morgan fingerprint density at radius 3 is 2.47 bits per heavy atom. The van der Waals surface area contributed by atoms with Gasteiger partial charge < -0.3 is 5.32 Å². The third kappa shape index (κ3) is 5.76. The van der Waals surface area contributed by atoms with E-state index in [2.05, 4.69) is 60.5 Å². The second-order valence-corrected chi connectivity index (χ2v) is 3.85. The third-order valence-electron chi connectivity index (χ3n) is 2.49. The van der Waals surface area contributed by atoms with E-state index in [1.54, 1.807) is 0 Å². The Morgan fingerprint density at radius 2 is 1.82 bits per heavy atom. The van der Waals surface area contributed by atoms with E-state index in [0.717, 1.165) is 24.9 Å². The van der Waals surface area contributed by atoms with Crippen molar-refractivity contribution in [3.05, 3.63) is 60.7 Å². The summed E-state index contributed by atoms with van der Waals surface area (Å²) < 4.78 is 0. The van der Waals surface area contributed by atoms with Crippen molar-refractivity contribution < 1.29 is 0 Å². The SMILES string of the molecule is C=CCC/C=C\C/C=C/c1ccc(NC)cc1. The standard InChI is InChI=1S/C16H21N/c1-3-4-5-6-7-8-9-10-15-11-13-16(17-2)14-12-15/h3,6-7,9-14,17H,1,4-5,8H2,2H3/b7-6-,10-9+. The van der Waals surface area contributed by atoms with Crippen LogP contribution in [0.5, 0.6) is 0 Å². The predicted octanol–water partition coefficient (Wildman–Crippen LogP) is 4.65. The summed E-state index contributed by atoms with van der Waals surface area (Å²) >= 11 is 0. The molecule has 1 heteroatoms. The molecule has 0 atom stereocenters. The molecule has 1 N–H and O–H groups in total. The molecule has 90 valence electrons. The van der Waals surface area contributed by atoms with Crippen LogP contribution in [-0.4, -0.2) is 7.05 Å². The van der Waals surface area contributed by atoms with E-state index in [-0.39, 0.29) is 0 Å². The Hall–Kier alpha value is -1.76. The van der Waals surface area contributed by atoms with Crippen molar-refractivity contribution in [1.29, 1.82) is 0 Å². The van der Waals surface area contributed by atoms with Crippen LogP contribution in [0.25, 0.3) is 6.08 Å². The number of allylic oxidation sites excluding steroid dienone is 4. The molecule has 17 heavy (non-hydrogen) atoms. The number of hydrogen-bond donors (Lipinski definition) is 1. The lowest BCUT2D eigenvalue weighted by atomic mass is 10.2. The van der Waals surface area contributed by atoms with E-state index in [1.165, 1.54) is 5.56 Å². The summed E-state index contributed by atoms with van der Waals surface area (Å²) in [5.74, 6) is 0. The molecular formula is C16H21N. The predicted molar refractivity (Wildman–Crippen MR) is 78.2 cm³/mol. The van der Waals surface area contributed by atoms with Gasteiger partial charge in [0.15, 0.2) is 0 Å². The minimum Gasteiger partial charge on any atom is -0.388 e. The van der Waals surface area contributed by atoms with Crippen molar-refractivity contribution in [1.82, 2.24) is 0 Å². The highest BCUT2D eigenvalue weighted by molar-refractivity contribution is 5.54. The third-order valence-corrected chi connectivity index (χ3v) is 2.49. The minimum absolute atomic E-state index is 0.991. The summed E-state index contributed by atoms with van der Waals surface area (Å²) in [7, 11) is 1.93. The van der Waals surface area contributed by atoms with Gasteiger partial charge in [0.1, 0.15) is 0 Å². The Morgan fingerprint density at radius 1 is 1.06 bits per heavy atom. The van der Waals surface area contributed by atoms with Crippen LogP contribution in [0.4, 0.5) is 5.69 Å². The molecule has 1 nitrogen and oxygen atoms in total. The molecule has 0 amide bonds. The molecule has 1 aromatic carbocycles. The number of benzene rings is 1. The summed E-state index contributed by atoms with van der Waals surface area (Å²) in [5, 5.41) is 3.11. The average molecular weight is 227 g/mol. The van der Waals surface area contributed by atoms with E-state index < -0.39 is 0 Å². The number of unbranched alkanes of at least 4 members (excludes halogenated alkanes) is 1. The molecule has 0 aliphatic carbocycles. The zero-order valence-corrected chi connectivity index (χ0v) is 10.5. The first-order chi connectivity index (χ1) is 8.36. The van der Waals surface area contributed by atoms with Crippen LogP contribution in [0.2, 0.25) is 0 Å². The number of rotatable bonds is 7. The molecule has 0 unspecified atom stereocenters. The Bertz CT molecular complexity index is 371. The molecule has 0 aliphatic rings. The van der Waals surface area contributed by atoms with Crippen LogP contribution in [0.1, 0.15) is 24.8 Å². The summed E-state index contributed by atoms with van der Waals surface area (Å²) in [4.78, 5) is 0. The maximum atomic E-state index is 3.70. The first kappa shape index (κ1) is 13.3. The summed E-state index contributed by atoms with van der Waals surface area (Å²) in [6.07, 6.45) is 13.8. The zero-order valence-electron chi connectivity index (χ0n) is 10.5. The van der Waals surface area contributed by atoms with Crippen LogP contribution in [0, 0.1) is 0 Å². The second-order valence-electron chi connectivity index (χ2n) is 3.85. The van der Waals surface area contributed by atoms with E-state index in [0.29, 0.717) is 0 Å². The quantitative estimate of drug-likeness (QED) is 0.528. The number of nitrogens with one attached hydrogen (secondary N) is 1. The first-order valence-electron chi connectivity index (χ1n) is 6.07. The molecule has 1 rings (SSSR count). The molecule has 1 aromatic rings. The zero-order chi connectivity index (χ0) is 12.3. The molecule has 0 fully saturated rings. The summed E-state index contributed by atoms with van der Waals surface area (Å²) in [6.45, 7) is 3.70. The van der Waals surface area contributed by atoms with Gasteiger partial charge in [0.2, 0.25) is 0 Å². The van der Waals surface area contributed by atoms with Gasteiger partial charge in [-0.1, -0.05) is 42.5 Å². The Kier molecular flexibility index (Phi) is 6.57. The van der Waals surface area contributed by atoms with E-state index in [4.69, 9.17) is 0 Å². The smallest absolute Gasteiger partial charge is 0.0337 e. The normalized spacial score (nSPS) is 11.1. The lowest BCUT2D eigenvalue weighted by Crippen LogP contribution is -1.86. The molecule has 0 saturated carbocycles. The number of hydrogen-bond acceptors (Lipinski definition) is 1. The van der Waals surface area contributed by atoms with Gasteiger partial charge in [0.25, 0.3) is 0 Å². The van der Waals surface area contributed by atoms with Crippen molar-refractivity contribution in [2.24, 2.45) is 0 Å². The molecule has 0 aromatic heterocycles. The minimum atomic E-state index is 0.991. The van der Waals surface area contributed by atoms with Crippen LogP contribution in [0.3, 0.4) is 0 Å². The van der Waals surface area contributed by atoms with Gasteiger partial charge in [-0.15, -0.1) is 6.58 Å². The lowest BCUT2D eigenvalue weighted by molar-refractivity contribution is 1.05. The summed E-state index contributed by atoms with van der Waals surface area (Å²) in [5.41, 5.74) is 2.38. The first-order valence-corrected chi connectivity index (χ1v) is 6.07. The molecule has 0 heterocycles. The van der Waals surface area contributed by atoms with Crippen LogP contribution in [0.15, 0.2) is 55.1 Å². The van der Waals surface area contributed by atoms with Crippen LogP contribution in [-0.2, 0) is 0 Å². The van der Waals surface area contributed by atoms with Gasteiger partial charge >= 0.3 is 0 Å². The van der Waals surface area contributed by atoms with Crippen LogP contribution < -0.4 is 5.32 Å². The van der Waals surface area contributed by atoms with Crippen molar-refractivity contribution >= 4 is 11.8 Å². The lowest BCUT2D eigenvalue weighted by Gasteiger charge is -1.99. The largest absolute Gasteiger partial charge is 0.388 e. The Balaban J connectivity index is 2.32. The fourth-order valence-corrected chi connectivity index (χ4v) is 1.47. The van der Waals surface area contributed by atoms with Crippen molar-refractivity contribution in [3.8, 4) is 0 Å². The fraction of sp³-hybridized carbons (Fsp3) is 0.250. The highest BCUT2D eigenvalue weighted by Crippen LogP contribution is 2.10. The Labute approximate surface area is 105 Å². The van der Waals surface area contributed by atoms with Crippen molar-refractivity contribution in [2.75, 3.05) is 12.4 Å². The fourth-order valence-electron chi connectivity index (χ4n) is 1.47. The molecular weight excluding hydrogens is 206 g/mol. The van der Waals surface area contributed by atoms with Gasteiger partial charge in [-0.25, -0.2) is 0 Å². The van der Waals surface area contributed by atoms with Gasteiger partial charge in [-0.2, -0.15) is 0 Å². The maximum Gasteiger partial charge on any atom is 0.0337 e. The van der Waals surface area contributed by atoms with Gasteiger partial charge in [-0.3, -0.25) is 0 Å². The summed E-state index contributed by atoms with van der Waals surface area (Å²) in [6, 6.07) is 8.40. The van der Waals surface area contributed by atoms with E-state index in [9.17, 15) is 0 Å². The van der Waals surface area contributed by atoms with Gasteiger partial charge in [0.05, 0.1) is 0 Å². The molecule has 0 radical (unpaired) electrons. The van der Waals surface area contributed by atoms with Gasteiger partial charge in [0, 0.05) is 12.7 Å². The monoisotopic (exact) mass is 227 g/mol. The number of anilines is 1.